The van der Waals surface area contributed by atoms with E-state index < -0.39 is 0 Å². The fourth-order valence-corrected chi connectivity index (χ4v) is 2.38. The average molecular weight is 308 g/mol. The number of para-hydroxylation sites is 1. The van der Waals surface area contributed by atoms with Crippen molar-refractivity contribution in [2.24, 2.45) is 0 Å². The van der Waals surface area contributed by atoms with Gasteiger partial charge in [0.1, 0.15) is 23.7 Å². The summed E-state index contributed by atoms with van der Waals surface area (Å²) in [6, 6.07) is 10.7. The van der Waals surface area contributed by atoms with Gasteiger partial charge >= 0.3 is 0 Å². The molecule has 1 heterocycles. The lowest BCUT2D eigenvalue weighted by atomic mass is 10.3. The van der Waals surface area contributed by atoms with Crippen LogP contribution in [0, 0.1) is 0 Å². The van der Waals surface area contributed by atoms with Crippen molar-refractivity contribution in [2.45, 2.75) is 6.61 Å². The first-order valence-electron chi connectivity index (χ1n) is 5.94. The van der Waals surface area contributed by atoms with Gasteiger partial charge in [-0.1, -0.05) is 29.3 Å². The molecule has 0 unspecified atom stereocenters. The van der Waals surface area contributed by atoms with E-state index in [9.17, 15) is 0 Å². The zero-order chi connectivity index (χ0) is 14.1. The van der Waals surface area contributed by atoms with Crippen molar-refractivity contribution in [1.82, 2.24) is 9.97 Å². The number of hydrogen-bond acceptors (Lipinski definition) is 3. The molecule has 0 bridgehead atoms. The van der Waals surface area contributed by atoms with Crippen LogP contribution in [0.25, 0.3) is 11.0 Å². The Kier molecular flexibility index (Phi) is 3.42. The zero-order valence-corrected chi connectivity index (χ0v) is 11.9. The van der Waals surface area contributed by atoms with Crippen LogP contribution in [0.15, 0.2) is 36.4 Å². The number of imidazole rings is 1. The number of anilines is 1. The molecule has 0 amide bonds. The largest absolute Gasteiger partial charge is 0.484 e. The summed E-state index contributed by atoms with van der Waals surface area (Å²) in [6.45, 7) is 0.273. The van der Waals surface area contributed by atoms with E-state index in [0.29, 0.717) is 27.3 Å². The lowest BCUT2D eigenvalue weighted by molar-refractivity contribution is 0.298. The maximum Gasteiger partial charge on any atom is 0.146 e. The van der Waals surface area contributed by atoms with Gasteiger partial charge in [-0.05, 0) is 30.3 Å². The van der Waals surface area contributed by atoms with Gasteiger partial charge in [-0.3, -0.25) is 0 Å². The summed E-state index contributed by atoms with van der Waals surface area (Å²) < 4.78 is 5.62. The number of nitrogens with zero attached hydrogens (tertiary/aromatic N) is 1. The molecule has 0 aliphatic rings. The SMILES string of the molecule is Nc1cccc2[nH]c(COc3ccc(Cl)cc3Cl)nc12. The standard InChI is InChI=1S/C14H11Cl2N3O/c15-8-4-5-12(9(16)6-8)20-7-13-18-11-3-1-2-10(17)14(11)19-13/h1-6H,7,17H2,(H,18,19). The zero-order valence-electron chi connectivity index (χ0n) is 10.4. The molecule has 0 saturated heterocycles. The van der Waals surface area contributed by atoms with Gasteiger partial charge in [0.15, 0.2) is 0 Å². The molecule has 6 heteroatoms. The Morgan fingerprint density at radius 1 is 1.20 bits per heavy atom. The number of H-pyrrole nitrogens is 1. The molecule has 3 N–H and O–H groups in total. The highest BCUT2D eigenvalue weighted by atomic mass is 35.5. The van der Waals surface area contributed by atoms with Crippen LogP contribution in [0.2, 0.25) is 10.0 Å². The Morgan fingerprint density at radius 2 is 2.05 bits per heavy atom. The highest BCUT2D eigenvalue weighted by Gasteiger charge is 2.07. The van der Waals surface area contributed by atoms with Gasteiger partial charge < -0.3 is 15.5 Å². The first-order chi connectivity index (χ1) is 9.63. The lowest BCUT2D eigenvalue weighted by Crippen LogP contribution is -1.97. The molecule has 3 aromatic rings. The van der Waals surface area contributed by atoms with Gasteiger partial charge in [-0.15, -0.1) is 0 Å². The topological polar surface area (TPSA) is 63.9 Å². The van der Waals surface area contributed by atoms with Crippen LogP contribution in [-0.2, 0) is 6.61 Å². The molecule has 0 aliphatic carbocycles. The summed E-state index contributed by atoms with van der Waals surface area (Å²) in [7, 11) is 0. The summed E-state index contributed by atoms with van der Waals surface area (Å²) in [5, 5.41) is 1.03. The summed E-state index contributed by atoms with van der Waals surface area (Å²) in [5.74, 6) is 1.24. The molecule has 2 aromatic carbocycles. The third-order valence-corrected chi connectivity index (χ3v) is 3.38. The maximum absolute atomic E-state index is 6.04. The van der Waals surface area contributed by atoms with Gasteiger partial charge in [0.05, 0.1) is 16.2 Å². The Hall–Kier alpha value is -1.91. The third kappa shape index (κ3) is 2.53. The molecule has 3 rings (SSSR count). The van der Waals surface area contributed by atoms with E-state index in [2.05, 4.69) is 9.97 Å². The minimum atomic E-state index is 0.273. The molecular weight excluding hydrogens is 297 g/mol. The van der Waals surface area contributed by atoms with Crippen LogP contribution in [0.3, 0.4) is 0 Å². The molecule has 0 spiro atoms. The maximum atomic E-state index is 6.04. The molecule has 0 saturated carbocycles. The van der Waals surface area contributed by atoms with Crippen LogP contribution in [-0.4, -0.2) is 9.97 Å². The Balaban J connectivity index is 1.81. The van der Waals surface area contributed by atoms with E-state index in [0.717, 1.165) is 11.0 Å². The quantitative estimate of drug-likeness (QED) is 0.718. The van der Waals surface area contributed by atoms with Crippen molar-refractivity contribution in [3.05, 3.63) is 52.3 Å². The van der Waals surface area contributed by atoms with Crippen LogP contribution in [0.1, 0.15) is 5.82 Å². The van der Waals surface area contributed by atoms with E-state index in [1.165, 1.54) is 0 Å². The molecule has 0 aliphatic heterocycles. The molecule has 20 heavy (non-hydrogen) atoms. The molecule has 4 nitrogen and oxygen atoms in total. The van der Waals surface area contributed by atoms with Crippen LogP contribution in [0.4, 0.5) is 5.69 Å². The molecule has 0 radical (unpaired) electrons. The van der Waals surface area contributed by atoms with Crippen LogP contribution in [0.5, 0.6) is 5.75 Å². The van der Waals surface area contributed by atoms with Gasteiger partial charge in [-0.25, -0.2) is 4.98 Å². The normalized spacial score (nSPS) is 10.9. The number of halogens is 2. The highest BCUT2D eigenvalue weighted by molar-refractivity contribution is 6.35. The molecule has 1 aromatic heterocycles. The number of hydrogen-bond donors (Lipinski definition) is 2. The van der Waals surface area contributed by atoms with Gasteiger partial charge in [0, 0.05) is 5.02 Å². The smallest absolute Gasteiger partial charge is 0.146 e. The fourth-order valence-electron chi connectivity index (χ4n) is 1.91. The monoisotopic (exact) mass is 307 g/mol. The number of fused-ring (bicyclic) bond motifs is 1. The van der Waals surface area contributed by atoms with Crippen LogP contribution >= 0.6 is 23.2 Å². The summed E-state index contributed by atoms with van der Waals surface area (Å²) in [4.78, 5) is 7.55. The van der Waals surface area contributed by atoms with Crippen molar-refractivity contribution < 1.29 is 4.74 Å². The number of rotatable bonds is 3. The molecule has 0 atom stereocenters. The van der Waals surface area contributed by atoms with Crippen molar-refractivity contribution >= 4 is 39.9 Å². The number of aromatic nitrogens is 2. The van der Waals surface area contributed by atoms with Crippen molar-refractivity contribution in [1.29, 1.82) is 0 Å². The fraction of sp³-hybridized carbons (Fsp3) is 0.0714. The van der Waals surface area contributed by atoms with E-state index >= 15 is 0 Å². The summed E-state index contributed by atoms with van der Waals surface area (Å²) >= 11 is 11.9. The van der Waals surface area contributed by atoms with Crippen molar-refractivity contribution in [3.8, 4) is 5.75 Å². The lowest BCUT2D eigenvalue weighted by Gasteiger charge is -2.06. The van der Waals surface area contributed by atoms with Crippen molar-refractivity contribution in [2.75, 3.05) is 5.73 Å². The molecular formula is C14H11Cl2N3O. The predicted molar refractivity (Wildman–Crippen MR) is 81.3 cm³/mol. The van der Waals surface area contributed by atoms with Crippen LogP contribution < -0.4 is 10.5 Å². The Labute approximate surface area is 125 Å². The van der Waals surface area contributed by atoms with E-state index in [-0.39, 0.29) is 6.61 Å². The number of nitrogen functional groups attached to an aromatic ring is 1. The number of nitrogens with one attached hydrogen (secondary N) is 1. The predicted octanol–water partition coefficient (Wildman–Crippen LogP) is 4.03. The summed E-state index contributed by atoms with van der Waals surface area (Å²) in [6.07, 6.45) is 0. The number of nitrogens with two attached hydrogens (primary N) is 1. The van der Waals surface area contributed by atoms with E-state index in [1.807, 2.05) is 18.2 Å². The minimum absolute atomic E-state index is 0.273. The van der Waals surface area contributed by atoms with E-state index in [4.69, 9.17) is 33.7 Å². The summed E-state index contributed by atoms with van der Waals surface area (Å²) in [5.41, 5.74) is 8.12. The Bertz CT molecular complexity index is 770. The first-order valence-corrected chi connectivity index (χ1v) is 6.70. The first kappa shape index (κ1) is 13.1. The number of ether oxygens (including phenoxy) is 1. The second-order valence-corrected chi connectivity index (χ2v) is 5.13. The number of aromatic amines is 1. The van der Waals surface area contributed by atoms with Crippen molar-refractivity contribution in [3.63, 3.8) is 0 Å². The number of benzene rings is 2. The minimum Gasteiger partial charge on any atom is -0.484 e. The third-order valence-electron chi connectivity index (χ3n) is 2.85. The highest BCUT2D eigenvalue weighted by Crippen LogP contribution is 2.28. The average Bonchev–Trinajstić information content (AvgIpc) is 2.82. The van der Waals surface area contributed by atoms with Gasteiger partial charge in [-0.2, -0.15) is 0 Å². The molecule has 102 valence electrons. The molecule has 0 fully saturated rings. The Morgan fingerprint density at radius 3 is 2.80 bits per heavy atom. The van der Waals surface area contributed by atoms with Gasteiger partial charge in [0.25, 0.3) is 0 Å². The second-order valence-electron chi connectivity index (χ2n) is 4.29. The van der Waals surface area contributed by atoms with E-state index in [1.54, 1.807) is 18.2 Å². The second kappa shape index (κ2) is 5.23. The van der Waals surface area contributed by atoms with Gasteiger partial charge in [0.2, 0.25) is 0 Å².